The second-order valence-corrected chi connectivity index (χ2v) is 9.34. The number of nitriles is 1. The molecule has 1 saturated heterocycles. The van der Waals surface area contributed by atoms with Crippen LogP contribution in [0.2, 0.25) is 0 Å². The molecule has 2 atom stereocenters. The van der Waals surface area contributed by atoms with E-state index < -0.39 is 34.0 Å². The van der Waals surface area contributed by atoms with Crippen LogP contribution in [0, 0.1) is 11.3 Å². The van der Waals surface area contributed by atoms with Crippen LogP contribution >= 0.6 is 0 Å². The summed E-state index contributed by atoms with van der Waals surface area (Å²) in [4.78, 5) is 26.4. The zero-order valence-electron chi connectivity index (χ0n) is 17.4. The zero-order valence-corrected chi connectivity index (χ0v) is 18.2. The first-order valence-electron chi connectivity index (χ1n) is 9.81. The zero-order chi connectivity index (χ0) is 22.7. The van der Waals surface area contributed by atoms with E-state index in [1.807, 2.05) is 36.4 Å². The van der Waals surface area contributed by atoms with Gasteiger partial charge >= 0.3 is 6.09 Å². The van der Waals surface area contributed by atoms with Gasteiger partial charge in [0.1, 0.15) is 15.9 Å². The molecule has 1 aromatic carbocycles. The molecule has 2 rings (SSSR count). The van der Waals surface area contributed by atoms with E-state index in [9.17, 15) is 23.3 Å². The fourth-order valence-electron chi connectivity index (χ4n) is 2.75. The summed E-state index contributed by atoms with van der Waals surface area (Å²) in [5, 5.41) is 11.8. The van der Waals surface area contributed by atoms with Crippen molar-refractivity contribution in [2.75, 3.05) is 44.9 Å². The average molecular weight is 454 g/mol. The van der Waals surface area contributed by atoms with Gasteiger partial charge in [-0.3, -0.25) is 4.79 Å². The Morgan fingerprint density at radius 2 is 1.94 bits per heavy atom. The molecule has 0 radical (unpaired) electrons. The van der Waals surface area contributed by atoms with E-state index in [4.69, 9.17) is 14.2 Å². The molecule has 11 heteroatoms. The molecule has 0 bridgehead atoms. The predicted octanol–water partition coefficient (Wildman–Crippen LogP) is 0.484. The van der Waals surface area contributed by atoms with Crippen molar-refractivity contribution in [2.24, 2.45) is 0 Å². The summed E-state index contributed by atoms with van der Waals surface area (Å²) in [7, 11) is -3.39. The molecule has 170 valence electrons. The molecule has 0 unspecified atom stereocenters. The van der Waals surface area contributed by atoms with Gasteiger partial charge in [0.05, 0.1) is 38.2 Å². The topological polar surface area (TPSA) is 135 Å². The largest absolute Gasteiger partial charge is 0.436 e. The van der Waals surface area contributed by atoms with Crippen molar-refractivity contribution in [1.82, 2.24) is 10.2 Å². The summed E-state index contributed by atoms with van der Waals surface area (Å²) in [6.45, 7) is 1.52. The van der Waals surface area contributed by atoms with Crippen molar-refractivity contribution >= 4 is 21.8 Å². The molecule has 1 heterocycles. The summed E-state index contributed by atoms with van der Waals surface area (Å²) < 4.78 is 39.0. The quantitative estimate of drug-likeness (QED) is 0.541. The minimum Gasteiger partial charge on any atom is -0.436 e. The number of amides is 2. The molecule has 2 amide bonds. The van der Waals surface area contributed by atoms with Crippen LogP contribution in [0.4, 0.5) is 4.79 Å². The third kappa shape index (κ3) is 9.33. The smallest absolute Gasteiger partial charge is 0.410 e. The molecule has 1 fully saturated rings. The maximum Gasteiger partial charge on any atom is 0.410 e. The Morgan fingerprint density at radius 3 is 2.55 bits per heavy atom. The Balaban J connectivity index is 1.93. The van der Waals surface area contributed by atoms with Crippen LogP contribution in [0.5, 0.6) is 0 Å². The number of hydrogen-bond donors (Lipinski definition) is 1. The second-order valence-electron chi connectivity index (χ2n) is 7.08. The number of hydrogen-bond acceptors (Lipinski definition) is 8. The summed E-state index contributed by atoms with van der Waals surface area (Å²) in [5.74, 6) is -1.09. The van der Waals surface area contributed by atoms with E-state index in [0.29, 0.717) is 26.3 Å². The monoisotopic (exact) mass is 453 g/mol. The lowest BCUT2D eigenvalue weighted by Crippen LogP contribution is -2.48. The number of ether oxygens (including phenoxy) is 3. The van der Waals surface area contributed by atoms with Crippen LogP contribution in [0.1, 0.15) is 12.0 Å². The lowest BCUT2D eigenvalue weighted by Gasteiger charge is -2.28. The van der Waals surface area contributed by atoms with E-state index >= 15 is 0 Å². The Bertz CT molecular complexity index is 865. The lowest BCUT2D eigenvalue weighted by atomic mass is 10.2. The van der Waals surface area contributed by atoms with Gasteiger partial charge in [0, 0.05) is 25.8 Å². The van der Waals surface area contributed by atoms with Crippen LogP contribution in [0.25, 0.3) is 0 Å². The average Bonchev–Trinajstić information content (AvgIpc) is 2.76. The number of benzene rings is 1. The van der Waals surface area contributed by atoms with Crippen molar-refractivity contribution in [3.63, 3.8) is 0 Å². The van der Waals surface area contributed by atoms with Gasteiger partial charge in [-0.05, 0) is 5.56 Å². The van der Waals surface area contributed by atoms with E-state index in [2.05, 4.69) is 5.32 Å². The summed E-state index contributed by atoms with van der Waals surface area (Å²) in [6, 6.07) is 10.3. The molecule has 0 spiro atoms. The van der Waals surface area contributed by atoms with Gasteiger partial charge in [0.2, 0.25) is 0 Å². The molecule has 1 aliphatic rings. The number of morpholine rings is 1. The Labute approximate surface area is 182 Å². The van der Waals surface area contributed by atoms with Crippen molar-refractivity contribution in [1.29, 1.82) is 5.26 Å². The van der Waals surface area contributed by atoms with Crippen LogP contribution in [0.3, 0.4) is 0 Å². The SMILES string of the molecule is CS(=O)(=O)CC[C@H](OC(=O)N1CCOCC1)C(=O)N[C@H](C#N)COCc1ccccc1. The van der Waals surface area contributed by atoms with Crippen molar-refractivity contribution in [2.45, 2.75) is 25.2 Å². The highest BCUT2D eigenvalue weighted by molar-refractivity contribution is 7.90. The minimum atomic E-state index is -3.39. The molecule has 0 aliphatic carbocycles. The normalized spacial score (nSPS) is 16.1. The van der Waals surface area contributed by atoms with Crippen LogP contribution in [-0.4, -0.2) is 82.4 Å². The first-order chi connectivity index (χ1) is 14.8. The first kappa shape index (κ1) is 24.6. The fraction of sp³-hybridized carbons (Fsp3) is 0.550. The third-order valence-corrected chi connectivity index (χ3v) is 5.40. The van der Waals surface area contributed by atoms with Gasteiger partial charge in [-0.25, -0.2) is 13.2 Å². The van der Waals surface area contributed by atoms with Crippen molar-refractivity contribution in [3.05, 3.63) is 35.9 Å². The minimum absolute atomic E-state index is 0.0761. The van der Waals surface area contributed by atoms with E-state index in [-0.39, 0.29) is 25.4 Å². The number of sulfone groups is 1. The van der Waals surface area contributed by atoms with Crippen molar-refractivity contribution < 1.29 is 32.2 Å². The number of nitrogens with zero attached hydrogens (tertiary/aromatic N) is 2. The van der Waals surface area contributed by atoms with Crippen molar-refractivity contribution in [3.8, 4) is 6.07 Å². The molecule has 31 heavy (non-hydrogen) atoms. The highest BCUT2D eigenvalue weighted by Crippen LogP contribution is 2.08. The third-order valence-electron chi connectivity index (χ3n) is 4.42. The Kier molecular flexibility index (Phi) is 9.71. The molecule has 1 aromatic rings. The molecule has 10 nitrogen and oxygen atoms in total. The van der Waals surface area contributed by atoms with E-state index in [0.717, 1.165) is 11.8 Å². The van der Waals surface area contributed by atoms with E-state index in [1.54, 1.807) is 0 Å². The standard InChI is InChI=1S/C20H27N3O7S/c1-31(26,27)12-7-18(30-20(25)23-8-10-28-11-9-23)19(24)22-17(13-21)15-29-14-16-5-3-2-4-6-16/h2-6,17-18H,7-12,14-15H2,1H3,(H,22,24)/t17-,18+/m1/s1. The van der Waals surface area contributed by atoms with Gasteiger partial charge in [-0.1, -0.05) is 30.3 Å². The molecule has 1 aliphatic heterocycles. The summed E-state index contributed by atoms with van der Waals surface area (Å²) in [6.07, 6.45) is -1.27. The number of carbonyl (C=O) groups excluding carboxylic acids is 2. The number of rotatable bonds is 10. The molecular formula is C20H27N3O7S. The van der Waals surface area contributed by atoms with Crippen LogP contribution < -0.4 is 5.32 Å². The van der Waals surface area contributed by atoms with Gasteiger partial charge < -0.3 is 24.4 Å². The van der Waals surface area contributed by atoms with Gasteiger partial charge in [0.25, 0.3) is 5.91 Å². The van der Waals surface area contributed by atoms with Gasteiger partial charge in [0.15, 0.2) is 6.10 Å². The highest BCUT2D eigenvalue weighted by atomic mass is 32.2. The van der Waals surface area contributed by atoms with Crippen LogP contribution in [-0.2, 0) is 35.4 Å². The maximum absolute atomic E-state index is 12.6. The highest BCUT2D eigenvalue weighted by Gasteiger charge is 2.29. The number of nitrogens with one attached hydrogen (secondary N) is 1. The lowest BCUT2D eigenvalue weighted by molar-refractivity contribution is -0.131. The molecule has 1 N–H and O–H groups in total. The van der Waals surface area contributed by atoms with Gasteiger partial charge in [-0.15, -0.1) is 0 Å². The molecular weight excluding hydrogens is 426 g/mol. The Hall–Kier alpha value is -2.68. The molecule has 0 aromatic heterocycles. The van der Waals surface area contributed by atoms with Crippen LogP contribution in [0.15, 0.2) is 30.3 Å². The first-order valence-corrected chi connectivity index (χ1v) is 11.9. The fourth-order valence-corrected chi connectivity index (χ4v) is 3.39. The van der Waals surface area contributed by atoms with E-state index in [1.165, 1.54) is 4.90 Å². The Morgan fingerprint density at radius 1 is 1.26 bits per heavy atom. The summed E-state index contributed by atoms with van der Waals surface area (Å²) >= 11 is 0. The number of carbonyl (C=O) groups is 2. The summed E-state index contributed by atoms with van der Waals surface area (Å²) in [5.41, 5.74) is 0.913. The second kappa shape index (κ2) is 12.2. The molecule has 0 saturated carbocycles. The maximum atomic E-state index is 12.6. The van der Waals surface area contributed by atoms with Gasteiger partial charge in [-0.2, -0.15) is 5.26 Å². The predicted molar refractivity (Wildman–Crippen MR) is 111 cm³/mol.